The molecule has 0 heterocycles. The molecule has 11 aromatic carbocycles. The molecule has 0 amide bonds. The number of fused-ring (bicyclic) bond motifs is 1. The molecule has 0 saturated carbocycles. The predicted octanol–water partition coefficient (Wildman–Crippen LogP) is 18.0. The number of anilines is 3. The Balaban J connectivity index is 1.02. The van der Waals surface area contributed by atoms with Crippen LogP contribution in [0.3, 0.4) is 0 Å². The Morgan fingerprint density at radius 1 is 0.200 bits per heavy atom. The Hall–Kier alpha value is -8.52. The molecule has 0 radical (unpaired) electrons. The molecule has 0 spiro atoms. The highest BCUT2D eigenvalue weighted by Gasteiger charge is 2.15. The third-order valence-corrected chi connectivity index (χ3v) is 12.1. The van der Waals surface area contributed by atoms with Gasteiger partial charge in [-0.05, 0) is 161 Å². The average molecular weight is 832 g/mol. The first-order valence-corrected chi connectivity index (χ1v) is 22.0. The van der Waals surface area contributed by atoms with Crippen LogP contribution in [0.5, 0.6) is 0 Å². The molecule has 0 saturated heterocycles. The minimum Gasteiger partial charge on any atom is -0.311 e. The molecule has 0 aromatic heterocycles. The summed E-state index contributed by atoms with van der Waals surface area (Å²) in [4.78, 5) is 1.86. The van der Waals surface area contributed by atoms with E-state index < -0.39 is 0 Å². The van der Waals surface area contributed by atoms with Crippen LogP contribution in [0.4, 0.5) is 17.1 Å². The van der Waals surface area contributed by atoms with Crippen molar-refractivity contribution in [2.75, 3.05) is 4.90 Å². The van der Waals surface area contributed by atoms with Crippen molar-refractivity contribution in [3.8, 4) is 77.9 Å². The van der Waals surface area contributed by atoms with Gasteiger partial charge >= 0.3 is 0 Å². The molecule has 65 heavy (non-hydrogen) atoms. The minimum atomic E-state index is -0.129. The second-order valence-corrected chi connectivity index (χ2v) is 16.3. The van der Waals surface area contributed by atoms with E-state index in [9.17, 15) is 5.48 Å². The van der Waals surface area contributed by atoms with Gasteiger partial charge in [0.2, 0.25) is 0 Å². The normalized spacial score (nSPS) is 11.9. The number of rotatable bonds is 10. The molecule has 0 atom stereocenters. The lowest BCUT2D eigenvalue weighted by Gasteiger charge is -2.26. The Morgan fingerprint density at radius 3 is 1.02 bits per heavy atom. The van der Waals surface area contributed by atoms with Gasteiger partial charge in [0.15, 0.2) is 0 Å². The van der Waals surface area contributed by atoms with Crippen molar-refractivity contribution in [1.82, 2.24) is 0 Å². The van der Waals surface area contributed by atoms with E-state index in [1.165, 1.54) is 10.8 Å². The number of hydrogen-bond acceptors (Lipinski definition) is 1. The summed E-state index contributed by atoms with van der Waals surface area (Å²) in [6.45, 7) is 0. The summed E-state index contributed by atoms with van der Waals surface area (Å²) in [6, 6.07) is 84.5. The fraction of sp³-hybridized carbons (Fsp3) is 0. The molecule has 0 fully saturated rings. The quantitative estimate of drug-likeness (QED) is 0.133. The van der Waals surface area contributed by atoms with Crippen molar-refractivity contribution >= 4 is 27.8 Å². The molecule has 11 rings (SSSR count). The number of benzene rings is 11. The SMILES string of the molecule is [2H]c1c([2H])c(N(c2ccc(-c3cccc(-c4ccc5ccccc5c4)c3)cc2)c2ccc(-c3cc(-c4ccccc4)cc(-c4ccccc4)c3)cc2)c([2H])c([2H])c1-c1cccc(-c2ccccc2)c1. The molecule has 0 N–H and O–H groups in total. The van der Waals surface area contributed by atoms with Gasteiger partial charge < -0.3 is 4.90 Å². The number of hydrogen-bond donors (Lipinski definition) is 0. The standard InChI is InChI=1S/C64H45N/c1-4-14-46(15-5-1)54-22-12-23-55(40-54)50-28-34-62(35-29-50)65(63-36-30-51(31-37-63)56-24-13-25-57(41-56)58-27-26-49-20-10-11-21-53(49)42-58)64-38-32-52(33-39-64)61-44-59(47-16-6-2-7-17-47)43-60(45-61)48-18-8-3-9-19-48/h1-45H/i28D,29D,34D,35D. The lowest BCUT2D eigenvalue weighted by molar-refractivity contribution is 1.28. The van der Waals surface area contributed by atoms with Gasteiger partial charge in [0.25, 0.3) is 0 Å². The molecule has 1 nitrogen and oxygen atoms in total. The van der Waals surface area contributed by atoms with Gasteiger partial charge in [-0.15, -0.1) is 0 Å². The van der Waals surface area contributed by atoms with Gasteiger partial charge in [0.1, 0.15) is 0 Å². The molecule has 306 valence electrons. The molecular weight excluding hydrogens is 783 g/mol. The van der Waals surface area contributed by atoms with Crippen LogP contribution in [-0.2, 0) is 0 Å². The predicted molar refractivity (Wildman–Crippen MR) is 277 cm³/mol. The summed E-state index contributed by atoms with van der Waals surface area (Å²) < 4.78 is 38.3. The lowest BCUT2D eigenvalue weighted by atomic mass is 9.93. The molecule has 0 aliphatic carbocycles. The molecule has 0 aliphatic heterocycles. The maximum absolute atomic E-state index is 9.66. The molecule has 11 aromatic rings. The van der Waals surface area contributed by atoms with Crippen molar-refractivity contribution in [2.45, 2.75) is 0 Å². The van der Waals surface area contributed by atoms with Gasteiger partial charge in [-0.3, -0.25) is 0 Å². The molecular formula is C64H45N. The highest BCUT2D eigenvalue weighted by atomic mass is 15.1. The van der Waals surface area contributed by atoms with Crippen LogP contribution >= 0.6 is 0 Å². The Kier molecular flexibility index (Phi) is 9.52. The first-order valence-electron chi connectivity index (χ1n) is 24.0. The van der Waals surface area contributed by atoms with Crippen molar-refractivity contribution in [3.05, 3.63) is 273 Å². The monoisotopic (exact) mass is 831 g/mol. The third-order valence-electron chi connectivity index (χ3n) is 12.1. The topological polar surface area (TPSA) is 3.24 Å². The van der Waals surface area contributed by atoms with Crippen molar-refractivity contribution < 1.29 is 5.48 Å². The summed E-state index contributed by atoms with van der Waals surface area (Å²) in [5, 5.41) is 2.40. The summed E-state index contributed by atoms with van der Waals surface area (Å²) in [6.07, 6.45) is 0. The van der Waals surface area contributed by atoms with Crippen molar-refractivity contribution in [1.29, 1.82) is 0 Å². The first-order chi connectivity index (χ1) is 33.9. The first kappa shape index (κ1) is 35.0. The Bertz CT molecular complexity index is 3540. The van der Waals surface area contributed by atoms with E-state index in [0.29, 0.717) is 16.9 Å². The lowest BCUT2D eigenvalue weighted by Crippen LogP contribution is -2.09. The third kappa shape index (κ3) is 8.40. The highest BCUT2D eigenvalue weighted by Crippen LogP contribution is 2.40. The van der Waals surface area contributed by atoms with Gasteiger partial charge in [-0.1, -0.05) is 200 Å². The van der Waals surface area contributed by atoms with Crippen LogP contribution in [0, 0.1) is 0 Å². The second-order valence-electron chi connectivity index (χ2n) is 16.3. The molecule has 0 bridgehead atoms. The van der Waals surface area contributed by atoms with Crippen LogP contribution < -0.4 is 4.90 Å². The Morgan fingerprint density at radius 2 is 0.523 bits per heavy atom. The fourth-order valence-electron chi connectivity index (χ4n) is 8.70. The zero-order chi connectivity index (χ0) is 46.8. The summed E-state index contributed by atoms with van der Waals surface area (Å²) in [5.41, 5.74) is 15.3. The average Bonchev–Trinajstić information content (AvgIpc) is 3.42. The van der Waals surface area contributed by atoms with E-state index in [1.54, 1.807) is 0 Å². The molecule has 0 unspecified atom stereocenters. The van der Waals surface area contributed by atoms with E-state index in [1.807, 2.05) is 95.9 Å². The second kappa shape index (κ2) is 17.7. The van der Waals surface area contributed by atoms with Crippen molar-refractivity contribution in [2.24, 2.45) is 0 Å². The summed E-state index contributed by atoms with van der Waals surface area (Å²) >= 11 is 0. The van der Waals surface area contributed by atoms with Crippen LogP contribution in [0.25, 0.3) is 88.7 Å². The van der Waals surface area contributed by atoms with E-state index in [4.69, 9.17) is 0 Å². The summed E-state index contributed by atoms with van der Waals surface area (Å²) in [5.74, 6) is 0. The maximum atomic E-state index is 9.66. The van der Waals surface area contributed by atoms with E-state index >= 15 is 0 Å². The van der Waals surface area contributed by atoms with E-state index in [0.717, 1.165) is 66.8 Å². The fourth-order valence-corrected chi connectivity index (χ4v) is 8.70. The van der Waals surface area contributed by atoms with E-state index in [2.05, 4.69) is 158 Å². The van der Waals surface area contributed by atoms with Crippen LogP contribution in [0.2, 0.25) is 0 Å². The smallest absolute Gasteiger partial charge is 0.0645 e. The molecule has 1 heteroatoms. The largest absolute Gasteiger partial charge is 0.311 e. The maximum Gasteiger partial charge on any atom is 0.0645 e. The minimum absolute atomic E-state index is 0.105. The van der Waals surface area contributed by atoms with Gasteiger partial charge in [0.05, 0.1) is 5.48 Å². The van der Waals surface area contributed by atoms with Crippen LogP contribution in [0.15, 0.2) is 273 Å². The van der Waals surface area contributed by atoms with E-state index in [-0.39, 0.29) is 35.4 Å². The molecule has 0 aliphatic rings. The van der Waals surface area contributed by atoms with Gasteiger partial charge in [0, 0.05) is 17.1 Å². The zero-order valence-corrected chi connectivity index (χ0v) is 35.6. The highest BCUT2D eigenvalue weighted by molar-refractivity contribution is 5.89. The van der Waals surface area contributed by atoms with Gasteiger partial charge in [-0.2, -0.15) is 0 Å². The van der Waals surface area contributed by atoms with Crippen LogP contribution in [0.1, 0.15) is 5.48 Å². The van der Waals surface area contributed by atoms with Gasteiger partial charge in [-0.25, -0.2) is 0 Å². The Labute approximate surface area is 387 Å². The van der Waals surface area contributed by atoms with Crippen LogP contribution in [-0.4, -0.2) is 0 Å². The zero-order valence-electron chi connectivity index (χ0n) is 39.6. The number of nitrogens with zero attached hydrogens (tertiary/aromatic N) is 1. The van der Waals surface area contributed by atoms with Crippen molar-refractivity contribution in [3.63, 3.8) is 0 Å². The summed E-state index contributed by atoms with van der Waals surface area (Å²) in [7, 11) is 0.